The van der Waals surface area contributed by atoms with E-state index in [0.29, 0.717) is 5.69 Å². The van der Waals surface area contributed by atoms with Crippen molar-refractivity contribution in [3.8, 4) is 5.75 Å². The summed E-state index contributed by atoms with van der Waals surface area (Å²) < 4.78 is 31.8. The number of hydrogen-bond acceptors (Lipinski definition) is 7. The molecule has 0 aliphatic heterocycles. The zero-order chi connectivity index (χ0) is 19.9. The number of aromatic hydroxyl groups is 1. The van der Waals surface area contributed by atoms with Gasteiger partial charge in [-0.05, 0) is 42.5 Å². The molecule has 28 heavy (non-hydrogen) atoms. The molecule has 0 unspecified atom stereocenters. The number of azo groups is 1. The van der Waals surface area contributed by atoms with Crippen molar-refractivity contribution in [2.45, 2.75) is 4.90 Å². The molecule has 0 aliphatic carbocycles. The van der Waals surface area contributed by atoms with Gasteiger partial charge in [0.15, 0.2) is 11.4 Å². The highest BCUT2D eigenvalue weighted by Gasteiger charge is 2.16. The van der Waals surface area contributed by atoms with E-state index < -0.39 is 26.3 Å². The fraction of sp³-hybridized carbons (Fsp3) is 0. The van der Waals surface area contributed by atoms with E-state index >= 15 is 0 Å². The molecular formula is C18H12N4O5S. The minimum Gasteiger partial charge on any atom is -0.505 e. The van der Waals surface area contributed by atoms with Gasteiger partial charge in [0.2, 0.25) is 0 Å². The molecule has 0 saturated carbocycles. The van der Waals surface area contributed by atoms with E-state index in [1.54, 1.807) is 30.5 Å². The number of nitrogens with one attached hydrogen (secondary N) is 1. The number of H-pyrrole nitrogens is 1. The second kappa shape index (κ2) is 6.51. The molecule has 0 saturated heterocycles. The van der Waals surface area contributed by atoms with Crippen molar-refractivity contribution in [3.05, 3.63) is 65.1 Å². The summed E-state index contributed by atoms with van der Waals surface area (Å²) in [7, 11) is -4.47. The lowest BCUT2D eigenvalue weighted by Gasteiger charge is -2.05. The standard InChI is InChI=1S/C18H12N4O5S/c23-17-13-9-12(28(25,26)27)4-6-15(13)20-18(24)16(17)22-21-11-3-5-14-10(8-11)2-1-7-19-14/h1-9H,(H2,20,23,24)(H,25,26,27). The Labute approximate surface area is 157 Å². The predicted octanol–water partition coefficient (Wildman–Crippen LogP) is 3.44. The number of aromatic nitrogens is 2. The molecule has 9 nitrogen and oxygen atoms in total. The summed E-state index contributed by atoms with van der Waals surface area (Å²) in [4.78, 5) is 18.5. The smallest absolute Gasteiger partial charge is 0.294 e. The van der Waals surface area contributed by atoms with Crippen LogP contribution in [0.5, 0.6) is 5.75 Å². The van der Waals surface area contributed by atoms with Gasteiger partial charge in [-0.2, -0.15) is 13.5 Å². The summed E-state index contributed by atoms with van der Waals surface area (Å²) in [6.45, 7) is 0. The first-order chi connectivity index (χ1) is 13.3. The molecule has 0 amide bonds. The molecule has 0 spiro atoms. The predicted molar refractivity (Wildman–Crippen MR) is 102 cm³/mol. The lowest BCUT2D eigenvalue weighted by Crippen LogP contribution is -2.06. The Morgan fingerprint density at radius 3 is 2.64 bits per heavy atom. The van der Waals surface area contributed by atoms with Gasteiger partial charge in [0, 0.05) is 17.0 Å². The molecular weight excluding hydrogens is 384 g/mol. The molecule has 2 aromatic carbocycles. The fourth-order valence-electron chi connectivity index (χ4n) is 2.73. The van der Waals surface area contributed by atoms with Crippen LogP contribution in [0.2, 0.25) is 0 Å². The number of fused-ring (bicyclic) bond motifs is 2. The minimum absolute atomic E-state index is 0.00591. The zero-order valence-electron chi connectivity index (χ0n) is 14.1. The third-order valence-corrected chi connectivity index (χ3v) is 4.93. The molecule has 0 radical (unpaired) electrons. The zero-order valence-corrected chi connectivity index (χ0v) is 14.9. The van der Waals surface area contributed by atoms with Crippen molar-refractivity contribution >= 4 is 43.3 Å². The molecule has 4 rings (SSSR count). The Hall–Kier alpha value is -3.63. The van der Waals surface area contributed by atoms with Gasteiger partial charge in [-0.3, -0.25) is 14.3 Å². The first kappa shape index (κ1) is 17.8. The van der Waals surface area contributed by atoms with Crippen LogP contribution in [0, 0.1) is 0 Å². The second-order valence-corrected chi connectivity index (χ2v) is 7.34. The summed E-state index contributed by atoms with van der Waals surface area (Å²) in [6, 6.07) is 12.1. The van der Waals surface area contributed by atoms with Crippen molar-refractivity contribution in [2.24, 2.45) is 10.2 Å². The van der Waals surface area contributed by atoms with Crippen LogP contribution in [-0.4, -0.2) is 28.0 Å². The Morgan fingerprint density at radius 1 is 1.04 bits per heavy atom. The quantitative estimate of drug-likeness (QED) is 0.357. The summed E-state index contributed by atoms with van der Waals surface area (Å²) >= 11 is 0. The van der Waals surface area contributed by atoms with Gasteiger partial charge < -0.3 is 10.1 Å². The van der Waals surface area contributed by atoms with Crippen LogP contribution in [0.4, 0.5) is 11.4 Å². The molecule has 0 atom stereocenters. The topological polar surface area (TPSA) is 145 Å². The van der Waals surface area contributed by atoms with Gasteiger partial charge in [-0.1, -0.05) is 6.07 Å². The SMILES string of the molecule is O=c1[nH]c2ccc(S(=O)(=O)O)cc2c(O)c1N=Nc1ccc2ncccc2c1. The van der Waals surface area contributed by atoms with Gasteiger partial charge in [0.25, 0.3) is 15.7 Å². The molecule has 10 heteroatoms. The molecule has 140 valence electrons. The molecule has 4 aromatic rings. The van der Waals surface area contributed by atoms with Crippen molar-refractivity contribution in [2.75, 3.05) is 0 Å². The molecule has 0 bridgehead atoms. The van der Waals surface area contributed by atoms with Crippen LogP contribution in [0.25, 0.3) is 21.8 Å². The van der Waals surface area contributed by atoms with Gasteiger partial charge in [-0.15, -0.1) is 5.11 Å². The lowest BCUT2D eigenvalue weighted by molar-refractivity contribution is 0.480. The Kier molecular flexibility index (Phi) is 4.13. The molecule has 3 N–H and O–H groups in total. The largest absolute Gasteiger partial charge is 0.505 e. The van der Waals surface area contributed by atoms with Crippen LogP contribution in [0.15, 0.2) is 74.6 Å². The van der Waals surface area contributed by atoms with Crippen molar-refractivity contribution < 1.29 is 18.1 Å². The van der Waals surface area contributed by atoms with Crippen LogP contribution in [0.1, 0.15) is 0 Å². The Morgan fingerprint density at radius 2 is 1.86 bits per heavy atom. The maximum Gasteiger partial charge on any atom is 0.294 e. The second-order valence-electron chi connectivity index (χ2n) is 5.91. The van der Waals surface area contributed by atoms with Crippen LogP contribution < -0.4 is 5.56 Å². The number of hydrogen-bond donors (Lipinski definition) is 3. The Balaban J connectivity index is 1.82. The average molecular weight is 396 g/mol. The van der Waals surface area contributed by atoms with E-state index in [1.807, 2.05) is 6.07 Å². The first-order valence-corrected chi connectivity index (χ1v) is 9.40. The maximum absolute atomic E-state index is 12.2. The third-order valence-electron chi connectivity index (χ3n) is 4.08. The highest BCUT2D eigenvalue weighted by molar-refractivity contribution is 7.85. The van der Waals surface area contributed by atoms with Crippen molar-refractivity contribution in [3.63, 3.8) is 0 Å². The van der Waals surface area contributed by atoms with E-state index in [9.17, 15) is 22.9 Å². The van der Waals surface area contributed by atoms with Crippen molar-refractivity contribution in [1.82, 2.24) is 9.97 Å². The lowest BCUT2D eigenvalue weighted by atomic mass is 10.2. The van der Waals surface area contributed by atoms with Crippen LogP contribution >= 0.6 is 0 Å². The molecule has 2 heterocycles. The van der Waals surface area contributed by atoms with E-state index in [2.05, 4.69) is 20.2 Å². The fourth-order valence-corrected chi connectivity index (χ4v) is 3.24. The minimum atomic E-state index is -4.47. The monoisotopic (exact) mass is 396 g/mol. The van der Waals surface area contributed by atoms with Crippen molar-refractivity contribution in [1.29, 1.82) is 0 Å². The summed E-state index contributed by atoms with van der Waals surface area (Å²) in [5, 5.41) is 19.0. The van der Waals surface area contributed by atoms with Gasteiger partial charge in [0.1, 0.15) is 0 Å². The Bertz CT molecular complexity index is 1430. The normalized spacial score (nSPS) is 12.2. The maximum atomic E-state index is 12.2. The highest BCUT2D eigenvalue weighted by Crippen LogP contribution is 2.33. The summed E-state index contributed by atoms with van der Waals surface area (Å²) in [5.74, 6) is -0.546. The number of pyridine rings is 2. The summed E-state index contributed by atoms with van der Waals surface area (Å²) in [6.07, 6.45) is 1.66. The number of nitrogens with zero attached hydrogens (tertiary/aromatic N) is 3. The first-order valence-electron chi connectivity index (χ1n) is 7.96. The molecule has 2 aromatic heterocycles. The van der Waals surface area contributed by atoms with E-state index in [-0.39, 0.29) is 16.6 Å². The van der Waals surface area contributed by atoms with Crippen LogP contribution in [-0.2, 0) is 10.1 Å². The number of aromatic amines is 1. The average Bonchev–Trinajstić information content (AvgIpc) is 2.66. The van der Waals surface area contributed by atoms with Crippen LogP contribution in [0.3, 0.4) is 0 Å². The number of benzene rings is 2. The third kappa shape index (κ3) is 3.21. The van der Waals surface area contributed by atoms with Gasteiger partial charge in [0.05, 0.1) is 21.6 Å². The number of rotatable bonds is 3. The molecule has 0 fully saturated rings. The van der Waals surface area contributed by atoms with Gasteiger partial charge in [-0.25, -0.2) is 0 Å². The van der Waals surface area contributed by atoms with E-state index in [4.69, 9.17) is 0 Å². The van der Waals surface area contributed by atoms with E-state index in [1.165, 1.54) is 6.07 Å². The summed E-state index contributed by atoms with van der Waals surface area (Å²) in [5.41, 5.74) is 0.310. The van der Waals surface area contributed by atoms with Gasteiger partial charge >= 0.3 is 0 Å². The van der Waals surface area contributed by atoms with E-state index in [0.717, 1.165) is 23.0 Å². The highest BCUT2D eigenvalue weighted by atomic mass is 32.2. The molecule has 0 aliphatic rings.